The summed E-state index contributed by atoms with van der Waals surface area (Å²) in [4.78, 5) is 11.6. The van der Waals surface area contributed by atoms with Crippen LogP contribution >= 0.6 is 22.6 Å². The average Bonchev–Trinajstić information content (AvgIpc) is 2.35. The van der Waals surface area contributed by atoms with Crippen LogP contribution in [-0.2, 0) is 15.9 Å². The van der Waals surface area contributed by atoms with E-state index in [2.05, 4.69) is 9.85 Å². The van der Waals surface area contributed by atoms with Crippen molar-refractivity contribution in [1.82, 2.24) is 0 Å². The van der Waals surface area contributed by atoms with Crippen LogP contribution in [-0.4, -0.2) is 17.9 Å². The third-order valence-corrected chi connectivity index (χ3v) is 2.69. The summed E-state index contributed by atoms with van der Waals surface area (Å²) in [6, 6.07) is 10.0. The number of rotatable bonds is 4. The Balaban J connectivity index is 2.52. The first-order valence-corrected chi connectivity index (χ1v) is 7.53. The van der Waals surface area contributed by atoms with Crippen LogP contribution in [0.1, 0.15) is 32.8 Å². The molecule has 0 aliphatic heterocycles. The zero-order chi connectivity index (χ0) is 15.0. The van der Waals surface area contributed by atoms with Crippen molar-refractivity contribution in [2.24, 2.45) is 0 Å². The van der Waals surface area contributed by atoms with Gasteiger partial charge in [0.2, 0.25) is 0 Å². The third-order valence-electron chi connectivity index (χ3n) is 2.38. The summed E-state index contributed by atoms with van der Waals surface area (Å²) in [5, 5.41) is 0. The molecular formula is C16H19IO3. The van der Waals surface area contributed by atoms with E-state index in [1.54, 1.807) is 20.8 Å². The Hall–Kier alpha value is -1.22. The van der Waals surface area contributed by atoms with Gasteiger partial charge in [-0.2, -0.15) is 0 Å². The maximum absolute atomic E-state index is 11.6. The van der Waals surface area contributed by atoms with Crippen molar-refractivity contribution in [1.29, 1.82) is 0 Å². The zero-order valence-corrected chi connectivity index (χ0v) is 14.1. The number of hydrogen-bond acceptors (Lipinski definition) is 3. The van der Waals surface area contributed by atoms with Gasteiger partial charge in [0.25, 0.3) is 0 Å². The van der Waals surface area contributed by atoms with Crippen molar-refractivity contribution in [2.75, 3.05) is 0 Å². The maximum Gasteiger partial charge on any atom is 0.510 e. The maximum atomic E-state index is 11.6. The van der Waals surface area contributed by atoms with Gasteiger partial charge in [-0.15, -0.1) is 0 Å². The van der Waals surface area contributed by atoms with Crippen LogP contribution in [0.25, 0.3) is 0 Å². The molecule has 1 unspecified atom stereocenters. The van der Waals surface area contributed by atoms with Crippen LogP contribution in [0.15, 0.2) is 30.3 Å². The van der Waals surface area contributed by atoms with Crippen LogP contribution < -0.4 is 0 Å². The highest BCUT2D eigenvalue weighted by Crippen LogP contribution is 2.12. The SMILES string of the molecule is CC(C)(C)OC(=O)OC(C#CI)CCc1ccccc1. The summed E-state index contributed by atoms with van der Waals surface area (Å²) in [6.07, 6.45) is 0.343. The molecule has 1 atom stereocenters. The van der Waals surface area contributed by atoms with E-state index in [1.165, 1.54) is 5.56 Å². The number of benzene rings is 1. The highest BCUT2D eigenvalue weighted by molar-refractivity contribution is 14.1. The number of carbonyl (C=O) groups excluding carboxylic acids is 1. The fourth-order valence-electron chi connectivity index (χ4n) is 1.55. The van der Waals surface area contributed by atoms with Gasteiger partial charge in [0.15, 0.2) is 6.10 Å². The van der Waals surface area contributed by atoms with E-state index in [-0.39, 0.29) is 0 Å². The standard InChI is InChI=1S/C16H19IO3/c1-16(2,3)20-15(18)19-14(11-12-17)10-9-13-7-5-4-6-8-13/h4-8,14H,9-10H2,1-3H3. The van der Waals surface area contributed by atoms with Crippen molar-refractivity contribution in [3.8, 4) is 9.85 Å². The minimum atomic E-state index is -0.672. The van der Waals surface area contributed by atoms with Crippen molar-refractivity contribution in [3.05, 3.63) is 35.9 Å². The second kappa shape index (κ2) is 8.15. The third kappa shape index (κ3) is 7.39. The van der Waals surface area contributed by atoms with Crippen molar-refractivity contribution < 1.29 is 14.3 Å². The van der Waals surface area contributed by atoms with E-state index in [0.717, 1.165) is 6.42 Å². The largest absolute Gasteiger partial charge is 0.510 e. The molecule has 0 aliphatic rings. The minimum Gasteiger partial charge on any atom is -0.429 e. The van der Waals surface area contributed by atoms with Crippen LogP contribution in [0.4, 0.5) is 4.79 Å². The van der Waals surface area contributed by atoms with E-state index < -0.39 is 17.9 Å². The molecule has 1 rings (SSSR count). The number of carbonyl (C=O) groups is 1. The lowest BCUT2D eigenvalue weighted by Gasteiger charge is -2.20. The van der Waals surface area contributed by atoms with E-state index in [0.29, 0.717) is 6.42 Å². The van der Waals surface area contributed by atoms with Crippen LogP contribution in [0, 0.1) is 9.85 Å². The molecule has 0 saturated heterocycles. The van der Waals surface area contributed by atoms with Crippen LogP contribution in [0.5, 0.6) is 0 Å². The number of hydrogen-bond donors (Lipinski definition) is 0. The summed E-state index contributed by atoms with van der Waals surface area (Å²) < 4.78 is 13.1. The smallest absolute Gasteiger partial charge is 0.429 e. The highest BCUT2D eigenvalue weighted by Gasteiger charge is 2.20. The van der Waals surface area contributed by atoms with E-state index >= 15 is 0 Å². The Bertz CT molecular complexity index is 480. The fourth-order valence-corrected chi connectivity index (χ4v) is 1.90. The molecular weight excluding hydrogens is 367 g/mol. The van der Waals surface area contributed by atoms with Gasteiger partial charge in [0.1, 0.15) is 5.60 Å². The molecule has 0 fully saturated rings. The molecule has 1 aromatic rings. The number of aryl methyl sites for hydroxylation is 1. The second-order valence-corrected chi connectivity index (χ2v) is 5.87. The lowest BCUT2D eigenvalue weighted by atomic mass is 10.1. The Morgan fingerprint density at radius 1 is 1.30 bits per heavy atom. The van der Waals surface area contributed by atoms with Crippen molar-refractivity contribution in [3.63, 3.8) is 0 Å². The van der Waals surface area contributed by atoms with Gasteiger partial charge in [0.05, 0.1) is 0 Å². The molecule has 0 saturated carbocycles. The quantitative estimate of drug-likeness (QED) is 0.439. The highest BCUT2D eigenvalue weighted by atomic mass is 127. The molecule has 0 amide bonds. The molecule has 0 spiro atoms. The molecule has 0 radical (unpaired) electrons. The van der Waals surface area contributed by atoms with E-state index in [9.17, 15) is 4.79 Å². The second-order valence-electron chi connectivity index (χ2n) is 5.33. The molecule has 0 bridgehead atoms. The Morgan fingerprint density at radius 3 is 2.50 bits per heavy atom. The molecule has 0 heterocycles. The normalized spacial score (nSPS) is 12.0. The molecule has 0 aromatic heterocycles. The summed E-state index contributed by atoms with van der Waals surface area (Å²) in [5.41, 5.74) is 0.638. The minimum absolute atomic E-state index is 0.443. The lowest BCUT2D eigenvalue weighted by Crippen LogP contribution is -2.27. The molecule has 20 heavy (non-hydrogen) atoms. The van der Waals surface area contributed by atoms with Crippen LogP contribution in [0.2, 0.25) is 0 Å². The van der Waals surface area contributed by atoms with Gasteiger partial charge in [-0.1, -0.05) is 30.3 Å². The van der Waals surface area contributed by atoms with E-state index in [1.807, 2.05) is 52.9 Å². The average molecular weight is 386 g/mol. The first-order chi connectivity index (χ1) is 9.40. The summed E-state index contributed by atoms with van der Waals surface area (Å²) in [6.45, 7) is 5.41. The van der Waals surface area contributed by atoms with Gasteiger partial charge in [-0.25, -0.2) is 4.79 Å². The summed E-state index contributed by atoms with van der Waals surface area (Å²) >= 11 is 1.94. The summed E-state index contributed by atoms with van der Waals surface area (Å²) in [5.74, 6) is 2.88. The van der Waals surface area contributed by atoms with Gasteiger partial charge in [0, 0.05) is 29.0 Å². The monoisotopic (exact) mass is 386 g/mol. The molecule has 4 heteroatoms. The lowest BCUT2D eigenvalue weighted by molar-refractivity contribution is -0.0178. The van der Waals surface area contributed by atoms with Crippen LogP contribution in [0.3, 0.4) is 0 Å². The first kappa shape index (κ1) is 16.8. The Morgan fingerprint density at radius 2 is 1.95 bits per heavy atom. The van der Waals surface area contributed by atoms with E-state index in [4.69, 9.17) is 9.47 Å². The Kier molecular flexibility index (Phi) is 6.86. The van der Waals surface area contributed by atoms with Gasteiger partial charge >= 0.3 is 6.16 Å². The fraction of sp³-hybridized carbons (Fsp3) is 0.438. The Labute approximate surface area is 134 Å². The molecule has 0 aliphatic carbocycles. The number of halogens is 1. The van der Waals surface area contributed by atoms with Gasteiger partial charge < -0.3 is 9.47 Å². The number of ether oxygens (including phenoxy) is 2. The van der Waals surface area contributed by atoms with Crippen molar-refractivity contribution in [2.45, 2.75) is 45.3 Å². The predicted octanol–water partition coefficient (Wildman–Crippen LogP) is 4.34. The molecule has 1 aromatic carbocycles. The van der Waals surface area contributed by atoms with Gasteiger partial charge in [-0.05, 0) is 42.6 Å². The molecule has 3 nitrogen and oxygen atoms in total. The van der Waals surface area contributed by atoms with Gasteiger partial charge in [-0.3, -0.25) is 0 Å². The predicted molar refractivity (Wildman–Crippen MR) is 87.7 cm³/mol. The molecule has 0 N–H and O–H groups in total. The first-order valence-electron chi connectivity index (χ1n) is 6.45. The topological polar surface area (TPSA) is 35.5 Å². The zero-order valence-electron chi connectivity index (χ0n) is 12.0. The summed E-state index contributed by atoms with van der Waals surface area (Å²) in [7, 11) is 0. The van der Waals surface area contributed by atoms with Crippen molar-refractivity contribution >= 4 is 28.7 Å². The molecule has 108 valence electrons.